The van der Waals surface area contributed by atoms with Crippen LogP contribution in [-0.2, 0) is 16.0 Å². The summed E-state index contributed by atoms with van der Waals surface area (Å²) < 4.78 is 10.1. The predicted molar refractivity (Wildman–Crippen MR) is 102 cm³/mol. The molecule has 0 saturated heterocycles. The zero-order chi connectivity index (χ0) is 19.1. The lowest BCUT2D eigenvalue weighted by Crippen LogP contribution is -2.17. The number of hydrogen-bond donors (Lipinski definition) is 2. The Labute approximate surface area is 160 Å². The van der Waals surface area contributed by atoms with Crippen molar-refractivity contribution in [2.45, 2.75) is 20.3 Å². The van der Waals surface area contributed by atoms with Crippen LogP contribution in [-0.4, -0.2) is 30.7 Å². The zero-order valence-corrected chi connectivity index (χ0v) is 16.2. The molecule has 1 aromatic heterocycles. The molecule has 0 atom stereocenters. The van der Waals surface area contributed by atoms with Gasteiger partial charge in [-0.1, -0.05) is 25.4 Å². The third kappa shape index (κ3) is 6.20. The molecule has 0 spiro atoms. The molecule has 140 valence electrons. The number of rotatable bonds is 7. The number of ether oxygens (including phenoxy) is 2. The monoisotopic (exact) mass is 397 g/mol. The second kappa shape index (κ2) is 9.40. The number of hydrogen-bond acceptors (Lipinski definition) is 6. The highest BCUT2D eigenvalue weighted by Gasteiger charge is 2.12. The van der Waals surface area contributed by atoms with E-state index in [0.717, 1.165) is 0 Å². The first kappa shape index (κ1) is 20.0. The summed E-state index contributed by atoms with van der Waals surface area (Å²) in [6, 6.07) is 4.98. The zero-order valence-electron chi connectivity index (χ0n) is 14.7. The molecular weight excluding hydrogens is 378 g/mol. The second-order valence-corrected chi connectivity index (χ2v) is 7.10. The van der Waals surface area contributed by atoms with Crippen molar-refractivity contribution in [3.8, 4) is 5.75 Å². The van der Waals surface area contributed by atoms with Crippen LogP contribution in [0, 0.1) is 5.92 Å². The highest BCUT2D eigenvalue weighted by molar-refractivity contribution is 7.13. The number of carbonyl (C=O) groups excluding carboxylic acids is 2. The largest absolute Gasteiger partial charge is 0.495 e. The number of halogens is 1. The Morgan fingerprint density at radius 2 is 2.08 bits per heavy atom. The number of benzene rings is 1. The minimum absolute atomic E-state index is 0.0723. The molecule has 0 unspecified atom stereocenters. The van der Waals surface area contributed by atoms with Crippen LogP contribution >= 0.6 is 22.9 Å². The van der Waals surface area contributed by atoms with Crippen molar-refractivity contribution in [3.05, 3.63) is 34.3 Å². The number of nitrogens with zero attached hydrogens (tertiary/aromatic N) is 1. The SMILES string of the molecule is COc1ccc(NC(=O)Cc2csc(NC(=O)OCC(C)C)n2)cc1Cl. The topological polar surface area (TPSA) is 89.6 Å². The van der Waals surface area contributed by atoms with Crippen LogP contribution in [0.5, 0.6) is 5.75 Å². The molecule has 7 nitrogen and oxygen atoms in total. The lowest BCUT2D eigenvalue weighted by molar-refractivity contribution is -0.115. The van der Waals surface area contributed by atoms with E-state index < -0.39 is 6.09 Å². The van der Waals surface area contributed by atoms with E-state index >= 15 is 0 Å². The average Bonchev–Trinajstić information content (AvgIpc) is 2.99. The molecule has 0 aliphatic carbocycles. The summed E-state index contributed by atoms with van der Waals surface area (Å²) >= 11 is 7.26. The summed E-state index contributed by atoms with van der Waals surface area (Å²) in [6.07, 6.45) is -0.486. The maximum atomic E-state index is 12.1. The van der Waals surface area contributed by atoms with E-state index in [0.29, 0.717) is 33.9 Å². The van der Waals surface area contributed by atoms with Crippen molar-refractivity contribution in [1.29, 1.82) is 0 Å². The van der Waals surface area contributed by atoms with Gasteiger partial charge in [0.2, 0.25) is 5.91 Å². The molecular formula is C17H20ClN3O4S. The Morgan fingerprint density at radius 3 is 2.73 bits per heavy atom. The molecule has 0 aliphatic rings. The first-order valence-electron chi connectivity index (χ1n) is 7.89. The fourth-order valence-electron chi connectivity index (χ4n) is 1.93. The fourth-order valence-corrected chi connectivity index (χ4v) is 2.88. The van der Waals surface area contributed by atoms with Crippen LogP contribution in [0.1, 0.15) is 19.5 Å². The lowest BCUT2D eigenvalue weighted by Gasteiger charge is -2.07. The van der Waals surface area contributed by atoms with E-state index in [-0.39, 0.29) is 18.2 Å². The van der Waals surface area contributed by atoms with Crippen LogP contribution in [0.3, 0.4) is 0 Å². The summed E-state index contributed by atoms with van der Waals surface area (Å²) in [4.78, 5) is 27.9. The van der Waals surface area contributed by atoms with Gasteiger partial charge in [0, 0.05) is 11.1 Å². The van der Waals surface area contributed by atoms with Gasteiger partial charge in [-0.05, 0) is 24.1 Å². The normalized spacial score (nSPS) is 10.5. The molecule has 2 amide bonds. The second-order valence-electron chi connectivity index (χ2n) is 5.84. The maximum absolute atomic E-state index is 12.1. The van der Waals surface area contributed by atoms with E-state index in [1.54, 1.807) is 23.6 Å². The highest BCUT2D eigenvalue weighted by atomic mass is 35.5. The van der Waals surface area contributed by atoms with Crippen molar-refractivity contribution in [1.82, 2.24) is 4.98 Å². The molecule has 0 saturated carbocycles. The number of aromatic nitrogens is 1. The Hall–Kier alpha value is -2.32. The van der Waals surface area contributed by atoms with Gasteiger partial charge in [-0.2, -0.15) is 0 Å². The van der Waals surface area contributed by atoms with Gasteiger partial charge < -0.3 is 14.8 Å². The Bertz CT molecular complexity index is 779. The van der Waals surface area contributed by atoms with Crippen LogP contribution in [0.4, 0.5) is 15.6 Å². The van der Waals surface area contributed by atoms with Crippen LogP contribution in [0.25, 0.3) is 0 Å². The molecule has 1 heterocycles. The smallest absolute Gasteiger partial charge is 0.413 e. The minimum atomic E-state index is -0.558. The Kier molecular flexibility index (Phi) is 7.23. The minimum Gasteiger partial charge on any atom is -0.495 e. The predicted octanol–water partition coefficient (Wildman–Crippen LogP) is 4.19. The molecule has 0 fully saturated rings. The standard InChI is InChI=1S/C17H20ClN3O4S/c1-10(2)8-25-17(23)21-16-20-12(9-26-16)7-15(22)19-11-4-5-14(24-3)13(18)6-11/h4-6,9-10H,7-8H2,1-3H3,(H,19,22)(H,20,21,23). The van der Waals surface area contributed by atoms with Gasteiger partial charge in [0.25, 0.3) is 0 Å². The average molecular weight is 398 g/mol. The van der Waals surface area contributed by atoms with E-state index in [2.05, 4.69) is 15.6 Å². The van der Waals surface area contributed by atoms with Gasteiger partial charge in [0.15, 0.2) is 5.13 Å². The first-order chi connectivity index (χ1) is 12.4. The van der Waals surface area contributed by atoms with Crippen LogP contribution in [0.2, 0.25) is 5.02 Å². The molecule has 26 heavy (non-hydrogen) atoms. The van der Waals surface area contributed by atoms with Crippen molar-refractivity contribution in [3.63, 3.8) is 0 Å². The third-order valence-corrected chi connectivity index (χ3v) is 4.19. The van der Waals surface area contributed by atoms with Gasteiger partial charge in [-0.3, -0.25) is 10.1 Å². The summed E-state index contributed by atoms with van der Waals surface area (Å²) in [5.74, 6) is 0.539. The molecule has 0 bridgehead atoms. The molecule has 2 aromatic rings. The maximum Gasteiger partial charge on any atom is 0.413 e. The molecule has 2 rings (SSSR count). The van der Waals surface area contributed by atoms with Crippen molar-refractivity contribution in [2.24, 2.45) is 5.92 Å². The third-order valence-electron chi connectivity index (χ3n) is 3.09. The lowest BCUT2D eigenvalue weighted by atomic mass is 10.2. The Morgan fingerprint density at radius 1 is 1.31 bits per heavy atom. The van der Waals surface area contributed by atoms with Gasteiger partial charge in [-0.15, -0.1) is 11.3 Å². The quantitative estimate of drug-likeness (QED) is 0.731. The van der Waals surface area contributed by atoms with Crippen molar-refractivity contribution >= 4 is 45.8 Å². The van der Waals surface area contributed by atoms with Gasteiger partial charge in [0.1, 0.15) is 5.75 Å². The molecule has 2 N–H and O–H groups in total. The van der Waals surface area contributed by atoms with Crippen molar-refractivity contribution < 1.29 is 19.1 Å². The first-order valence-corrected chi connectivity index (χ1v) is 9.14. The van der Waals surface area contributed by atoms with E-state index in [1.807, 2.05) is 13.8 Å². The number of thiazole rings is 1. The van der Waals surface area contributed by atoms with E-state index in [1.165, 1.54) is 18.4 Å². The summed E-state index contributed by atoms with van der Waals surface area (Å²) in [5, 5.41) is 7.78. The summed E-state index contributed by atoms with van der Waals surface area (Å²) in [6.45, 7) is 4.23. The van der Waals surface area contributed by atoms with Gasteiger partial charge in [-0.25, -0.2) is 9.78 Å². The summed E-state index contributed by atoms with van der Waals surface area (Å²) in [7, 11) is 1.52. The number of methoxy groups -OCH3 is 1. The number of amides is 2. The van der Waals surface area contributed by atoms with Gasteiger partial charge >= 0.3 is 6.09 Å². The molecule has 1 aromatic carbocycles. The molecule has 9 heteroatoms. The van der Waals surface area contributed by atoms with Crippen LogP contribution in [0.15, 0.2) is 23.6 Å². The highest BCUT2D eigenvalue weighted by Crippen LogP contribution is 2.27. The Balaban J connectivity index is 1.87. The number of anilines is 2. The van der Waals surface area contributed by atoms with Gasteiger partial charge in [0.05, 0.1) is 30.9 Å². The number of nitrogens with one attached hydrogen (secondary N) is 2. The van der Waals surface area contributed by atoms with E-state index in [9.17, 15) is 9.59 Å². The van der Waals surface area contributed by atoms with E-state index in [4.69, 9.17) is 21.1 Å². The molecule has 0 radical (unpaired) electrons. The molecule has 0 aliphatic heterocycles. The van der Waals surface area contributed by atoms with Crippen LogP contribution < -0.4 is 15.4 Å². The van der Waals surface area contributed by atoms with Crippen molar-refractivity contribution in [2.75, 3.05) is 24.4 Å². The fraction of sp³-hybridized carbons (Fsp3) is 0.353. The summed E-state index contributed by atoms with van der Waals surface area (Å²) in [5.41, 5.74) is 1.11. The number of carbonyl (C=O) groups is 2.